The van der Waals surface area contributed by atoms with Crippen molar-refractivity contribution in [2.75, 3.05) is 39.9 Å². The van der Waals surface area contributed by atoms with E-state index in [2.05, 4.69) is 25.3 Å². The average molecular weight is 360 g/mol. The van der Waals surface area contributed by atoms with Gasteiger partial charge in [-0.15, -0.1) is 5.10 Å². The first-order valence-electron chi connectivity index (χ1n) is 9.25. The number of aromatic nitrogens is 4. The third-order valence-corrected chi connectivity index (χ3v) is 5.50. The molecule has 2 unspecified atom stereocenters. The molecule has 0 spiro atoms. The predicted octanol–water partition coefficient (Wildman–Crippen LogP) is 1.33. The molecule has 26 heavy (non-hydrogen) atoms. The summed E-state index contributed by atoms with van der Waals surface area (Å²) in [5, 5.41) is 12.2. The van der Waals surface area contributed by atoms with Gasteiger partial charge >= 0.3 is 0 Å². The first-order valence-corrected chi connectivity index (χ1v) is 9.25. The zero-order valence-electron chi connectivity index (χ0n) is 15.1. The predicted molar refractivity (Wildman–Crippen MR) is 94.1 cm³/mol. The maximum atomic E-state index is 14.7. The lowest BCUT2D eigenvalue weighted by atomic mass is 10.0. The highest BCUT2D eigenvalue weighted by molar-refractivity contribution is 5.27. The second kappa shape index (κ2) is 7.77. The minimum Gasteiger partial charge on any atom is -0.383 e. The van der Waals surface area contributed by atoms with Gasteiger partial charge in [-0.3, -0.25) is 9.80 Å². The van der Waals surface area contributed by atoms with Crippen LogP contribution in [0.5, 0.6) is 0 Å². The summed E-state index contributed by atoms with van der Waals surface area (Å²) in [6.45, 7) is 5.04. The number of benzene rings is 1. The molecule has 7 nitrogen and oxygen atoms in total. The monoisotopic (exact) mass is 360 g/mol. The number of fused-ring (bicyclic) bond motifs is 1. The summed E-state index contributed by atoms with van der Waals surface area (Å²) in [6.07, 6.45) is 2.45. The van der Waals surface area contributed by atoms with Crippen molar-refractivity contribution in [2.24, 2.45) is 0 Å². The van der Waals surface area contributed by atoms with Crippen molar-refractivity contribution in [1.29, 1.82) is 0 Å². The zero-order valence-corrected chi connectivity index (χ0v) is 15.1. The van der Waals surface area contributed by atoms with Crippen molar-refractivity contribution < 1.29 is 9.13 Å². The molecule has 2 aliphatic rings. The lowest BCUT2D eigenvalue weighted by molar-refractivity contribution is 0.0773. The number of ether oxygens (including phenoxy) is 1. The van der Waals surface area contributed by atoms with Gasteiger partial charge in [0, 0.05) is 38.3 Å². The maximum Gasteiger partial charge on any atom is 0.173 e. The van der Waals surface area contributed by atoms with Crippen molar-refractivity contribution in [1.82, 2.24) is 30.0 Å². The van der Waals surface area contributed by atoms with Gasteiger partial charge in [0.25, 0.3) is 0 Å². The Morgan fingerprint density at radius 2 is 2.15 bits per heavy atom. The summed E-state index contributed by atoms with van der Waals surface area (Å²) in [4.78, 5) is 4.88. The van der Waals surface area contributed by atoms with Crippen molar-refractivity contribution in [3.63, 3.8) is 0 Å². The first kappa shape index (κ1) is 17.5. The molecule has 2 aromatic rings. The minimum absolute atomic E-state index is 0.215. The maximum absolute atomic E-state index is 14.7. The number of halogens is 1. The van der Waals surface area contributed by atoms with Crippen molar-refractivity contribution in [2.45, 2.75) is 31.5 Å². The van der Waals surface area contributed by atoms with E-state index < -0.39 is 0 Å². The second-order valence-electron chi connectivity index (χ2n) is 7.00. The van der Waals surface area contributed by atoms with Crippen LogP contribution in [0.25, 0.3) is 0 Å². The van der Waals surface area contributed by atoms with Gasteiger partial charge in [-0.25, -0.2) is 9.07 Å². The van der Waals surface area contributed by atoms with Gasteiger partial charge < -0.3 is 4.74 Å². The van der Waals surface area contributed by atoms with E-state index >= 15 is 0 Å². The van der Waals surface area contributed by atoms with Crippen LogP contribution in [0.15, 0.2) is 24.3 Å². The summed E-state index contributed by atoms with van der Waals surface area (Å²) in [7, 11) is 1.65. The molecule has 8 heteroatoms. The SMILES string of the molecule is COCCn1nnnc1C(c1ccccc1F)N1CCN2CCCC2C1. The highest BCUT2D eigenvalue weighted by Gasteiger charge is 2.37. The van der Waals surface area contributed by atoms with Gasteiger partial charge in [0.1, 0.15) is 11.9 Å². The van der Waals surface area contributed by atoms with Crippen LogP contribution in [0.3, 0.4) is 0 Å². The largest absolute Gasteiger partial charge is 0.383 e. The molecule has 0 saturated carbocycles. The Balaban J connectivity index is 1.69. The number of methoxy groups -OCH3 is 1. The standard InChI is InChI=1S/C18H25FN6O/c1-26-12-11-25-18(20-21-22-25)17(15-6-2-3-7-16(15)19)24-10-9-23-8-4-5-14(23)13-24/h2-3,6-7,14,17H,4-5,8-13H2,1H3. The Hall–Kier alpha value is -1.90. The number of piperazine rings is 1. The molecule has 1 aromatic heterocycles. The summed E-state index contributed by atoms with van der Waals surface area (Å²) in [5.74, 6) is 0.464. The Morgan fingerprint density at radius 1 is 1.27 bits per heavy atom. The van der Waals surface area contributed by atoms with Crippen molar-refractivity contribution in [3.8, 4) is 0 Å². The highest BCUT2D eigenvalue weighted by Crippen LogP contribution is 2.33. The van der Waals surface area contributed by atoms with Crippen LogP contribution in [0.1, 0.15) is 30.3 Å². The minimum atomic E-state index is -0.286. The van der Waals surface area contributed by atoms with E-state index in [4.69, 9.17) is 4.74 Å². The molecule has 1 aromatic carbocycles. The molecule has 4 rings (SSSR count). The van der Waals surface area contributed by atoms with Crippen LogP contribution in [0.4, 0.5) is 4.39 Å². The lowest BCUT2D eigenvalue weighted by Crippen LogP contribution is -2.51. The van der Waals surface area contributed by atoms with Crippen LogP contribution >= 0.6 is 0 Å². The molecule has 140 valence electrons. The van der Waals surface area contributed by atoms with E-state index in [1.54, 1.807) is 17.9 Å². The molecule has 2 aliphatic heterocycles. The molecule has 0 radical (unpaired) electrons. The van der Waals surface area contributed by atoms with E-state index in [0.717, 1.165) is 19.6 Å². The fourth-order valence-corrected chi connectivity index (χ4v) is 4.19. The van der Waals surface area contributed by atoms with Gasteiger partial charge in [-0.05, 0) is 35.9 Å². The van der Waals surface area contributed by atoms with E-state index in [9.17, 15) is 4.39 Å². The summed E-state index contributed by atoms with van der Waals surface area (Å²) >= 11 is 0. The van der Waals surface area contributed by atoms with Crippen LogP contribution in [0, 0.1) is 5.82 Å². The number of hydrogen-bond acceptors (Lipinski definition) is 6. The molecule has 2 atom stereocenters. The quantitative estimate of drug-likeness (QED) is 0.775. The Labute approximate surface area is 152 Å². The topological polar surface area (TPSA) is 59.3 Å². The van der Waals surface area contributed by atoms with E-state index in [1.165, 1.54) is 25.5 Å². The van der Waals surface area contributed by atoms with Gasteiger partial charge in [0.2, 0.25) is 0 Å². The fraction of sp³-hybridized carbons (Fsp3) is 0.611. The number of hydrogen-bond donors (Lipinski definition) is 0. The van der Waals surface area contributed by atoms with Crippen molar-refractivity contribution in [3.05, 3.63) is 41.5 Å². The number of rotatable bonds is 6. The Bertz CT molecular complexity index is 738. The molecule has 0 bridgehead atoms. The molecule has 3 heterocycles. The zero-order chi connectivity index (χ0) is 17.9. The first-order chi connectivity index (χ1) is 12.8. The summed E-state index contributed by atoms with van der Waals surface area (Å²) in [5.41, 5.74) is 0.632. The smallest absolute Gasteiger partial charge is 0.173 e. The summed E-state index contributed by atoms with van der Waals surface area (Å²) < 4.78 is 21.6. The molecule has 0 N–H and O–H groups in total. The van der Waals surface area contributed by atoms with Crippen LogP contribution < -0.4 is 0 Å². The van der Waals surface area contributed by atoms with E-state index in [0.29, 0.717) is 30.6 Å². The molecule has 0 aliphatic carbocycles. The van der Waals surface area contributed by atoms with E-state index in [1.807, 2.05) is 12.1 Å². The van der Waals surface area contributed by atoms with Crippen LogP contribution in [-0.4, -0.2) is 75.9 Å². The van der Waals surface area contributed by atoms with Gasteiger partial charge in [-0.2, -0.15) is 0 Å². The number of tetrazole rings is 1. The average Bonchev–Trinajstić information content (AvgIpc) is 3.31. The van der Waals surface area contributed by atoms with Gasteiger partial charge in [-0.1, -0.05) is 18.2 Å². The Kier molecular flexibility index (Phi) is 5.23. The molecular formula is C18H25FN6O. The molecule has 0 amide bonds. The third kappa shape index (κ3) is 3.36. The van der Waals surface area contributed by atoms with Gasteiger partial charge in [0.15, 0.2) is 5.82 Å². The molecule has 2 saturated heterocycles. The number of nitrogens with zero attached hydrogens (tertiary/aromatic N) is 6. The van der Waals surface area contributed by atoms with E-state index in [-0.39, 0.29) is 11.9 Å². The third-order valence-electron chi connectivity index (χ3n) is 5.50. The second-order valence-corrected chi connectivity index (χ2v) is 7.00. The molecule has 2 fully saturated rings. The lowest BCUT2D eigenvalue weighted by Gasteiger charge is -2.41. The normalized spacial score (nSPS) is 22.5. The van der Waals surface area contributed by atoms with Crippen LogP contribution in [-0.2, 0) is 11.3 Å². The van der Waals surface area contributed by atoms with Gasteiger partial charge in [0.05, 0.1) is 13.2 Å². The highest BCUT2D eigenvalue weighted by atomic mass is 19.1. The Morgan fingerprint density at radius 3 is 3.00 bits per heavy atom. The van der Waals surface area contributed by atoms with Crippen LogP contribution in [0.2, 0.25) is 0 Å². The summed E-state index contributed by atoms with van der Waals surface area (Å²) in [6, 6.07) is 7.21. The fourth-order valence-electron chi connectivity index (χ4n) is 4.19. The van der Waals surface area contributed by atoms with Crippen molar-refractivity contribution >= 4 is 0 Å². The molecular weight excluding hydrogens is 335 g/mol.